The molecule has 0 aromatic rings. The van der Waals surface area contributed by atoms with Crippen molar-refractivity contribution in [3.63, 3.8) is 0 Å². The molecular weight excluding hydrogens is 144 g/mol. The van der Waals surface area contributed by atoms with Gasteiger partial charge in [0.25, 0.3) is 0 Å². The monoisotopic (exact) mass is 162 g/mol. The summed E-state index contributed by atoms with van der Waals surface area (Å²) < 4.78 is 0. The van der Waals surface area contributed by atoms with Crippen molar-refractivity contribution in [2.24, 2.45) is 0 Å². The molecule has 0 spiro atoms. The van der Waals surface area contributed by atoms with Crippen molar-refractivity contribution in [3.8, 4) is 0 Å². The molecule has 0 saturated heterocycles. The van der Waals surface area contributed by atoms with E-state index in [4.69, 9.17) is 0 Å². The quantitative estimate of drug-likeness (QED) is 0.588. The summed E-state index contributed by atoms with van der Waals surface area (Å²) in [6.45, 7) is 2.28. The van der Waals surface area contributed by atoms with Crippen molar-refractivity contribution in [2.45, 2.75) is 51.9 Å². The van der Waals surface area contributed by atoms with E-state index in [0.717, 1.165) is 0 Å². The molecule has 2 aliphatic carbocycles. The summed E-state index contributed by atoms with van der Waals surface area (Å²) in [6.07, 6.45) is 12.0. The molecule has 0 N–H and O–H groups in total. The smallest absolute Gasteiger partial charge is 0.00616 e. The summed E-state index contributed by atoms with van der Waals surface area (Å²) in [5.41, 5.74) is 5.21. The third-order valence-electron chi connectivity index (χ3n) is 3.07. The third kappa shape index (κ3) is 1.35. The Morgan fingerprint density at radius 3 is 3.08 bits per heavy atom. The third-order valence-corrected chi connectivity index (χ3v) is 3.07. The van der Waals surface area contributed by atoms with Crippen LogP contribution in [0, 0.1) is 0 Å². The maximum atomic E-state index is 2.45. The van der Waals surface area contributed by atoms with Crippen LogP contribution in [0.3, 0.4) is 0 Å². The number of allylic oxidation sites excluding steroid dienone is 4. The second kappa shape index (κ2) is 3.47. The second-order valence-electron chi connectivity index (χ2n) is 3.98. The average molecular weight is 162 g/mol. The average Bonchev–Trinajstić information content (AvgIpc) is 2.07. The van der Waals surface area contributed by atoms with Gasteiger partial charge in [-0.05, 0) is 49.7 Å². The Morgan fingerprint density at radius 2 is 2.33 bits per heavy atom. The lowest BCUT2D eigenvalue weighted by molar-refractivity contribution is 0.685. The molecule has 0 unspecified atom stereocenters. The van der Waals surface area contributed by atoms with Crippen molar-refractivity contribution >= 4 is 0 Å². The largest absolute Gasteiger partial charge is 0.0807 e. The van der Waals surface area contributed by atoms with Gasteiger partial charge < -0.3 is 0 Å². The van der Waals surface area contributed by atoms with E-state index < -0.39 is 0 Å². The van der Waals surface area contributed by atoms with E-state index in [1.54, 1.807) is 16.7 Å². The molecule has 12 heavy (non-hydrogen) atoms. The Morgan fingerprint density at radius 1 is 1.42 bits per heavy atom. The van der Waals surface area contributed by atoms with Gasteiger partial charge in [-0.3, -0.25) is 0 Å². The number of hydrogen-bond donors (Lipinski definition) is 0. The number of rotatable bonds is 3. The van der Waals surface area contributed by atoms with Gasteiger partial charge >= 0.3 is 0 Å². The zero-order valence-corrected chi connectivity index (χ0v) is 8.03. The molecule has 0 fully saturated rings. The number of unbranched alkanes of at least 4 members (excludes halogenated alkanes) is 1. The highest BCUT2D eigenvalue weighted by Gasteiger charge is 2.23. The lowest BCUT2D eigenvalue weighted by Gasteiger charge is -2.30. The van der Waals surface area contributed by atoms with E-state index in [0.29, 0.717) is 0 Å². The van der Waals surface area contributed by atoms with E-state index in [1.807, 2.05) is 0 Å². The van der Waals surface area contributed by atoms with E-state index in [-0.39, 0.29) is 0 Å². The van der Waals surface area contributed by atoms with Gasteiger partial charge in [0.2, 0.25) is 0 Å². The van der Waals surface area contributed by atoms with Gasteiger partial charge in [-0.15, -0.1) is 0 Å². The van der Waals surface area contributed by atoms with E-state index in [9.17, 15) is 0 Å². The predicted molar refractivity (Wildman–Crippen MR) is 53.1 cm³/mol. The first-order valence-corrected chi connectivity index (χ1v) is 5.32. The lowest BCUT2D eigenvalue weighted by atomic mass is 9.75. The molecule has 0 amide bonds. The van der Waals surface area contributed by atoms with Crippen LogP contribution in [0.15, 0.2) is 22.8 Å². The highest BCUT2D eigenvalue weighted by atomic mass is 14.3. The molecule has 66 valence electrons. The maximum absolute atomic E-state index is 2.45. The Hall–Kier alpha value is -0.520. The van der Waals surface area contributed by atoms with Gasteiger partial charge in [-0.1, -0.05) is 25.0 Å². The lowest BCUT2D eigenvalue weighted by Crippen LogP contribution is -2.11. The van der Waals surface area contributed by atoms with Crippen molar-refractivity contribution < 1.29 is 0 Å². The summed E-state index contributed by atoms with van der Waals surface area (Å²) in [5, 5.41) is 0. The highest BCUT2D eigenvalue weighted by Crippen LogP contribution is 2.42. The topological polar surface area (TPSA) is 0 Å². The Kier molecular flexibility index (Phi) is 2.34. The Labute approximate surface area is 75.4 Å². The summed E-state index contributed by atoms with van der Waals surface area (Å²) >= 11 is 0. The van der Waals surface area contributed by atoms with E-state index in [2.05, 4.69) is 13.0 Å². The van der Waals surface area contributed by atoms with Crippen LogP contribution in [0.5, 0.6) is 0 Å². The minimum Gasteiger partial charge on any atom is -0.0807 e. The molecule has 0 aromatic heterocycles. The van der Waals surface area contributed by atoms with Gasteiger partial charge in [-0.2, -0.15) is 0 Å². The van der Waals surface area contributed by atoms with Crippen LogP contribution in [0.25, 0.3) is 0 Å². The van der Waals surface area contributed by atoms with Crippen molar-refractivity contribution in [3.05, 3.63) is 22.8 Å². The fourth-order valence-corrected chi connectivity index (χ4v) is 2.28. The van der Waals surface area contributed by atoms with E-state index in [1.165, 1.54) is 44.9 Å². The molecule has 0 aromatic carbocycles. The van der Waals surface area contributed by atoms with Crippen molar-refractivity contribution in [2.75, 3.05) is 0 Å². The zero-order chi connectivity index (χ0) is 8.39. The molecule has 0 saturated carbocycles. The standard InChI is InChI=1S/C12H18/c1-2-3-6-10-9-11-7-4-5-8-12(10)11/h7H,2-6,8-9H2,1H3. The van der Waals surface area contributed by atoms with Gasteiger partial charge in [0, 0.05) is 0 Å². The molecule has 0 aliphatic heterocycles. The second-order valence-corrected chi connectivity index (χ2v) is 3.98. The molecule has 0 heterocycles. The fraction of sp³-hybridized carbons (Fsp3) is 0.667. The van der Waals surface area contributed by atoms with Gasteiger partial charge in [0.1, 0.15) is 0 Å². The maximum Gasteiger partial charge on any atom is -0.00616 e. The summed E-state index contributed by atoms with van der Waals surface area (Å²) in [4.78, 5) is 0. The van der Waals surface area contributed by atoms with E-state index >= 15 is 0 Å². The minimum absolute atomic E-state index is 1.33. The number of fused-ring (bicyclic) bond motifs is 1. The summed E-state index contributed by atoms with van der Waals surface area (Å²) in [5.74, 6) is 0. The fourth-order valence-electron chi connectivity index (χ4n) is 2.28. The van der Waals surface area contributed by atoms with Gasteiger partial charge in [0.15, 0.2) is 0 Å². The normalized spacial score (nSPS) is 21.6. The van der Waals surface area contributed by atoms with Crippen molar-refractivity contribution in [1.82, 2.24) is 0 Å². The zero-order valence-electron chi connectivity index (χ0n) is 8.03. The first-order chi connectivity index (χ1) is 5.92. The predicted octanol–water partition coefficient (Wildman–Crippen LogP) is 3.99. The molecule has 0 atom stereocenters. The SMILES string of the molecule is CCCCC1=C2CCCC=C2C1. The summed E-state index contributed by atoms with van der Waals surface area (Å²) in [7, 11) is 0. The molecule has 0 heteroatoms. The molecule has 2 aliphatic rings. The van der Waals surface area contributed by atoms with Gasteiger partial charge in [0.05, 0.1) is 0 Å². The van der Waals surface area contributed by atoms with Crippen LogP contribution in [-0.2, 0) is 0 Å². The van der Waals surface area contributed by atoms with Crippen molar-refractivity contribution in [1.29, 1.82) is 0 Å². The van der Waals surface area contributed by atoms with Crippen LogP contribution >= 0.6 is 0 Å². The minimum atomic E-state index is 1.33. The van der Waals surface area contributed by atoms with Crippen LogP contribution in [0.1, 0.15) is 51.9 Å². The molecule has 0 bridgehead atoms. The molecule has 0 nitrogen and oxygen atoms in total. The molecule has 2 rings (SSSR count). The first-order valence-electron chi connectivity index (χ1n) is 5.32. The van der Waals surface area contributed by atoms with Crippen LogP contribution < -0.4 is 0 Å². The van der Waals surface area contributed by atoms with Crippen LogP contribution in [0.4, 0.5) is 0 Å². The summed E-state index contributed by atoms with van der Waals surface area (Å²) in [6, 6.07) is 0. The van der Waals surface area contributed by atoms with Gasteiger partial charge in [-0.25, -0.2) is 0 Å². The highest BCUT2D eigenvalue weighted by molar-refractivity contribution is 5.49. The first kappa shape index (κ1) is 8.10. The molecular formula is C12H18. The van der Waals surface area contributed by atoms with Crippen LogP contribution in [0.2, 0.25) is 0 Å². The number of hydrogen-bond acceptors (Lipinski definition) is 0. The Bertz CT molecular complexity index is 230. The Balaban J connectivity index is 1.99. The molecule has 0 radical (unpaired) electrons. The van der Waals surface area contributed by atoms with Crippen LogP contribution in [-0.4, -0.2) is 0 Å².